The molecule has 28 heavy (non-hydrogen) atoms. The van der Waals surface area contributed by atoms with E-state index in [0.717, 1.165) is 41.4 Å². The average molecular weight is 381 g/mol. The summed E-state index contributed by atoms with van der Waals surface area (Å²) in [7, 11) is 6.10. The first-order valence-electron chi connectivity index (χ1n) is 9.25. The van der Waals surface area contributed by atoms with Crippen LogP contribution in [0.1, 0.15) is 33.6 Å². The maximum atomic E-state index is 12.3. The van der Waals surface area contributed by atoms with Gasteiger partial charge >= 0.3 is 5.97 Å². The van der Waals surface area contributed by atoms with Crippen molar-refractivity contribution in [2.24, 2.45) is 7.05 Å². The molecule has 1 aliphatic rings. The first-order valence-corrected chi connectivity index (χ1v) is 9.25. The number of hydrogen-bond acceptors (Lipinski definition) is 4. The molecule has 0 amide bonds. The summed E-state index contributed by atoms with van der Waals surface area (Å²) in [5.41, 5.74) is 3.90. The molecule has 1 aliphatic carbocycles. The van der Waals surface area contributed by atoms with Crippen LogP contribution in [0, 0.1) is 0 Å². The van der Waals surface area contributed by atoms with Gasteiger partial charge in [0.15, 0.2) is 5.56 Å². The van der Waals surface area contributed by atoms with Gasteiger partial charge in [-0.15, -0.1) is 0 Å². The van der Waals surface area contributed by atoms with E-state index in [1.165, 1.54) is 5.69 Å². The number of fused-ring (bicyclic) bond motifs is 4. The molecule has 0 radical (unpaired) electrons. The van der Waals surface area contributed by atoms with E-state index < -0.39 is 22.8 Å². The third-order valence-electron chi connectivity index (χ3n) is 5.49. The van der Waals surface area contributed by atoms with Crippen molar-refractivity contribution in [3.63, 3.8) is 0 Å². The molecule has 0 atom stereocenters. The average Bonchev–Trinajstić information content (AvgIpc) is 2.79. The zero-order valence-electron chi connectivity index (χ0n) is 16.2. The minimum absolute atomic E-state index is 0.416. The van der Waals surface area contributed by atoms with Crippen LogP contribution in [0.2, 0.25) is 0 Å². The van der Waals surface area contributed by atoms with Crippen molar-refractivity contribution >= 4 is 16.9 Å². The zero-order chi connectivity index (χ0) is 20.2. The molecule has 1 aromatic carbocycles. The van der Waals surface area contributed by atoms with Crippen LogP contribution in [-0.4, -0.2) is 44.7 Å². The summed E-state index contributed by atoms with van der Waals surface area (Å²) >= 11 is 0. The van der Waals surface area contributed by atoms with Crippen molar-refractivity contribution in [2.75, 3.05) is 14.1 Å². The number of aromatic carboxylic acids is 1. The van der Waals surface area contributed by atoms with Crippen LogP contribution >= 0.6 is 0 Å². The Balaban J connectivity index is 1.98. The van der Waals surface area contributed by atoms with E-state index in [1.807, 2.05) is 27.2 Å². The summed E-state index contributed by atoms with van der Waals surface area (Å²) in [6.45, 7) is 0.812. The summed E-state index contributed by atoms with van der Waals surface area (Å²) in [6.07, 6.45) is 2.06. The normalized spacial score (nSPS) is 13.4. The molecule has 0 aliphatic heterocycles. The van der Waals surface area contributed by atoms with Gasteiger partial charge < -0.3 is 24.7 Å². The Morgan fingerprint density at radius 2 is 2.00 bits per heavy atom. The smallest absolute Gasteiger partial charge is 0.345 e. The fourth-order valence-electron chi connectivity index (χ4n) is 4.16. The number of aromatic amines is 1. The highest BCUT2D eigenvalue weighted by Gasteiger charge is 2.26. The Kier molecular flexibility index (Phi) is 4.27. The van der Waals surface area contributed by atoms with Crippen molar-refractivity contribution in [3.05, 3.63) is 50.9 Å². The lowest BCUT2D eigenvalue weighted by Crippen LogP contribution is -2.20. The lowest BCUT2D eigenvalue weighted by atomic mass is 9.98. The molecule has 0 bridgehead atoms. The van der Waals surface area contributed by atoms with Crippen molar-refractivity contribution in [1.29, 1.82) is 0 Å². The highest BCUT2D eigenvalue weighted by atomic mass is 16.4. The van der Waals surface area contributed by atoms with Gasteiger partial charge in [-0.2, -0.15) is 0 Å². The van der Waals surface area contributed by atoms with Crippen molar-refractivity contribution < 1.29 is 15.0 Å². The van der Waals surface area contributed by atoms with Gasteiger partial charge in [0.2, 0.25) is 0 Å². The van der Waals surface area contributed by atoms with Gasteiger partial charge in [-0.1, -0.05) is 0 Å². The summed E-state index contributed by atoms with van der Waals surface area (Å²) in [4.78, 5) is 28.5. The van der Waals surface area contributed by atoms with E-state index in [4.69, 9.17) is 0 Å². The number of H-pyrrole nitrogens is 1. The Morgan fingerprint density at radius 1 is 1.25 bits per heavy atom. The van der Waals surface area contributed by atoms with Crippen LogP contribution in [0.25, 0.3) is 22.2 Å². The van der Waals surface area contributed by atoms with Crippen molar-refractivity contribution in [2.45, 2.75) is 25.8 Å². The van der Waals surface area contributed by atoms with Crippen LogP contribution in [0.3, 0.4) is 0 Å². The number of carboxylic acids is 1. The molecule has 2 heterocycles. The van der Waals surface area contributed by atoms with E-state index in [9.17, 15) is 19.8 Å². The van der Waals surface area contributed by atoms with Crippen LogP contribution in [0.4, 0.5) is 0 Å². The van der Waals surface area contributed by atoms with Crippen LogP contribution in [0.5, 0.6) is 5.75 Å². The van der Waals surface area contributed by atoms with E-state index in [0.29, 0.717) is 17.7 Å². The molecule has 2 aromatic heterocycles. The maximum absolute atomic E-state index is 12.3. The van der Waals surface area contributed by atoms with Crippen molar-refractivity contribution in [3.8, 4) is 17.0 Å². The third-order valence-corrected chi connectivity index (χ3v) is 5.49. The number of carbonyl (C=O) groups is 1. The summed E-state index contributed by atoms with van der Waals surface area (Å²) in [5, 5.41) is 20.8. The molecule has 0 spiro atoms. The van der Waals surface area contributed by atoms with Crippen LogP contribution < -0.4 is 5.56 Å². The van der Waals surface area contributed by atoms with E-state index in [1.54, 1.807) is 0 Å². The zero-order valence-corrected chi connectivity index (χ0v) is 16.2. The van der Waals surface area contributed by atoms with Crippen LogP contribution in [-0.2, 0) is 26.4 Å². The monoisotopic (exact) mass is 381 g/mol. The number of rotatable bonds is 3. The van der Waals surface area contributed by atoms with Gasteiger partial charge in [0.25, 0.3) is 5.56 Å². The number of nitrogens with one attached hydrogen (secondary N) is 1. The maximum Gasteiger partial charge on any atom is 0.345 e. The second-order valence-electron chi connectivity index (χ2n) is 7.69. The lowest BCUT2D eigenvalue weighted by molar-refractivity contribution is 0.0691. The van der Waals surface area contributed by atoms with Gasteiger partial charge in [-0.25, -0.2) is 4.79 Å². The predicted octanol–water partition coefficient (Wildman–Crippen LogP) is 2.49. The summed E-state index contributed by atoms with van der Waals surface area (Å²) < 4.78 is 2.18. The molecule has 0 saturated carbocycles. The second kappa shape index (κ2) is 6.53. The second-order valence-corrected chi connectivity index (χ2v) is 7.69. The SMILES string of the molecule is CN(C)Cc1cc2cc3c(cc2n1C)CCCc1c-3[nH]c(=O)c(C(=O)O)c1O. The molecule has 7 nitrogen and oxygen atoms in total. The van der Waals surface area contributed by atoms with E-state index >= 15 is 0 Å². The Morgan fingerprint density at radius 3 is 2.68 bits per heavy atom. The number of aromatic hydroxyl groups is 1. The number of carboxylic acid groups (broad SMARTS) is 1. The molecule has 0 fully saturated rings. The third kappa shape index (κ3) is 2.79. The fraction of sp³-hybridized carbons (Fsp3) is 0.333. The van der Waals surface area contributed by atoms with Gasteiger partial charge in [-0.3, -0.25) is 4.79 Å². The van der Waals surface area contributed by atoms with E-state index in [2.05, 4.69) is 26.6 Å². The largest absolute Gasteiger partial charge is 0.506 e. The molecule has 7 heteroatoms. The fourth-order valence-corrected chi connectivity index (χ4v) is 4.16. The van der Waals surface area contributed by atoms with E-state index in [-0.39, 0.29) is 0 Å². The van der Waals surface area contributed by atoms with Gasteiger partial charge in [-0.05, 0) is 57.1 Å². The molecule has 3 aromatic rings. The quantitative estimate of drug-likeness (QED) is 0.647. The van der Waals surface area contributed by atoms with Crippen molar-refractivity contribution in [1.82, 2.24) is 14.5 Å². The molecular weight excluding hydrogens is 358 g/mol. The van der Waals surface area contributed by atoms with Gasteiger partial charge in [0.05, 0.1) is 5.69 Å². The van der Waals surface area contributed by atoms with Gasteiger partial charge in [0.1, 0.15) is 5.75 Å². The first-order chi connectivity index (χ1) is 13.3. The summed E-state index contributed by atoms with van der Waals surface area (Å²) in [5.74, 6) is -1.83. The molecular formula is C21H23N3O4. The number of pyridine rings is 1. The number of aryl methyl sites for hydroxylation is 2. The first kappa shape index (κ1) is 18.3. The lowest BCUT2D eigenvalue weighted by Gasteiger charge is -2.13. The molecule has 3 N–H and O–H groups in total. The molecule has 0 unspecified atom stereocenters. The topological polar surface area (TPSA) is 98.6 Å². The number of aromatic nitrogens is 2. The molecule has 0 saturated heterocycles. The Labute approximate surface area is 161 Å². The highest BCUT2D eigenvalue weighted by molar-refractivity contribution is 5.93. The summed E-state index contributed by atoms with van der Waals surface area (Å²) in [6, 6.07) is 6.30. The Bertz CT molecular complexity index is 1170. The van der Waals surface area contributed by atoms with Crippen LogP contribution in [0.15, 0.2) is 23.0 Å². The Hall–Kier alpha value is -3.06. The number of benzene rings is 1. The number of hydrogen-bond donors (Lipinski definition) is 3. The standard InChI is InChI=1S/C21H23N3O4/c1-23(2)10-13-7-12-8-15-11(9-16(12)24(13)3)5-4-6-14-18(15)22-20(26)17(19(14)25)21(27)28/h7-9H,4-6,10H2,1-3H3,(H,27,28)(H2,22,25,26). The molecule has 4 rings (SSSR count). The highest BCUT2D eigenvalue weighted by Crippen LogP contribution is 2.38. The van der Waals surface area contributed by atoms with Gasteiger partial charge in [0, 0.05) is 41.3 Å². The predicted molar refractivity (Wildman–Crippen MR) is 107 cm³/mol. The molecule has 146 valence electrons. The minimum atomic E-state index is -1.42. The minimum Gasteiger partial charge on any atom is -0.506 e. The number of nitrogens with zero attached hydrogens (tertiary/aromatic N) is 2.